The zero-order valence-corrected chi connectivity index (χ0v) is 12.9. The van der Waals surface area contributed by atoms with Gasteiger partial charge < -0.3 is 4.74 Å². The smallest absolute Gasteiger partial charge is 0.168 e. The molecule has 1 heterocycles. The molecule has 0 aliphatic carbocycles. The summed E-state index contributed by atoms with van der Waals surface area (Å²) in [7, 11) is 1.69. The topological polar surface area (TPSA) is 39.2 Å². The van der Waals surface area contributed by atoms with E-state index in [-0.39, 0.29) is 11.4 Å². The van der Waals surface area contributed by atoms with Gasteiger partial charge in [-0.05, 0) is 13.3 Å². The lowest BCUT2D eigenvalue weighted by atomic mass is 10.0. The SMILES string of the molecule is CCC(C)(OC)c1nc(CC(=O)c2ccccc2)cs1. The Hall–Kier alpha value is -1.52. The molecular formula is C16H19NO2S. The third kappa shape index (κ3) is 3.14. The van der Waals surface area contributed by atoms with Crippen molar-refractivity contribution in [2.45, 2.75) is 32.3 Å². The molecule has 2 rings (SSSR count). The molecule has 0 saturated carbocycles. The number of rotatable bonds is 6. The molecule has 1 atom stereocenters. The van der Waals surface area contributed by atoms with E-state index in [1.165, 1.54) is 0 Å². The molecule has 20 heavy (non-hydrogen) atoms. The number of hydrogen-bond acceptors (Lipinski definition) is 4. The van der Waals surface area contributed by atoms with Gasteiger partial charge in [-0.1, -0.05) is 37.3 Å². The Bertz CT molecular complexity index is 573. The summed E-state index contributed by atoms with van der Waals surface area (Å²) >= 11 is 1.55. The van der Waals surface area contributed by atoms with Gasteiger partial charge in [0.2, 0.25) is 0 Å². The molecule has 0 saturated heterocycles. The van der Waals surface area contributed by atoms with E-state index < -0.39 is 0 Å². The molecule has 0 radical (unpaired) electrons. The Kier molecular flexibility index (Phi) is 4.68. The summed E-state index contributed by atoms with van der Waals surface area (Å²) in [4.78, 5) is 16.7. The number of carbonyl (C=O) groups excluding carboxylic acids is 1. The first-order valence-corrected chi connectivity index (χ1v) is 7.55. The van der Waals surface area contributed by atoms with Gasteiger partial charge in [0.25, 0.3) is 0 Å². The molecule has 1 unspecified atom stereocenters. The fourth-order valence-corrected chi connectivity index (χ4v) is 2.94. The predicted molar refractivity (Wildman–Crippen MR) is 81.2 cm³/mol. The van der Waals surface area contributed by atoms with Crippen LogP contribution in [0, 0.1) is 0 Å². The van der Waals surface area contributed by atoms with Gasteiger partial charge in [0, 0.05) is 18.1 Å². The van der Waals surface area contributed by atoms with Crippen molar-refractivity contribution in [3.63, 3.8) is 0 Å². The fourth-order valence-electron chi connectivity index (χ4n) is 1.90. The average molecular weight is 289 g/mol. The second-order valence-corrected chi connectivity index (χ2v) is 5.76. The highest BCUT2D eigenvalue weighted by molar-refractivity contribution is 7.09. The summed E-state index contributed by atoms with van der Waals surface area (Å²) in [6.45, 7) is 4.09. The van der Waals surface area contributed by atoms with Crippen molar-refractivity contribution in [2.75, 3.05) is 7.11 Å². The van der Waals surface area contributed by atoms with Gasteiger partial charge in [-0.15, -0.1) is 11.3 Å². The van der Waals surface area contributed by atoms with Crippen LogP contribution in [0.3, 0.4) is 0 Å². The molecule has 1 aromatic carbocycles. The van der Waals surface area contributed by atoms with Crippen LogP contribution in [0.1, 0.15) is 41.3 Å². The Morgan fingerprint density at radius 3 is 2.65 bits per heavy atom. The number of carbonyl (C=O) groups is 1. The molecule has 0 fully saturated rings. The standard InChI is InChI=1S/C16H19NO2S/c1-4-16(2,19-3)15-17-13(11-20-15)10-14(18)12-8-6-5-7-9-12/h5-9,11H,4,10H2,1-3H3. The molecule has 0 bridgehead atoms. The minimum absolute atomic E-state index is 0.0954. The van der Waals surface area contributed by atoms with Crippen LogP contribution in [0.4, 0.5) is 0 Å². The van der Waals surface area contributed by atoms with E-state index in [1.807, 2.05) is 42.6 Å². The van der Waals surface area contributed by atoms with Crippen LogP contribution in [0.2, 0.25) is 0 Å². The van der Waals surface area contributed by atoms with E-state index in [2.05, 4.69) is 11.9 Å². The van der Waals surface area contributed by atoms with Crippen molar-refractivity contribution >= 4 is 17.1 Å². The summed E-state index contributed by atoms with van der Waals surface area (Å²) in [5, 5.41) is 2.88. The van der Waals surface area contributed by atoms with E-state index in [9.17, 15) is 4.79 Å². The number of methoxy groups -OCH3 is 1. The number of ketones is 1. The van der Waals surface area contributed by atoms with Gasteiger partial charge in [-0.3, -0.25) is 4.79 Å². The quantitative estimate of drug-likeness (QED) is 0.758. The van der Waals surface area contributed by atoms with Gasteiger partial charge in [0.1, 0.15) is 10.6 Å². The first-order chi connectivity index (χ1) is 9.59. The Morgan fingerprint density at radius 1 is 1.35 bits per heavy atom. The summed E-state index contributed by atoms with van der Waals surface area (Å²) < 4.78 is 5.54. The maximum atomic E-state index is 12.1. The first kappa shape index (κ1) is 14.9. The summed E-state index contributed by atoms with van der Waals surface area (Å²) in [5.74, 6) is 0.0954. The van der Waals surface area contributed by atoms with E-state index >= 15 is 0 Å². The van der Waals surface area contributed by atoms with E-state index in [1.54, 1.807) is 18.4 Å². The van der Waals surface area contributed by atoms with Crippen molar-refractivity contribution in [3.8, 4) is 0 Å². The second-order valence-electron chi connectivity index (χ2n) is 4.90. The van der Waals surface area contributed by atoms with Crippen LogP contribution >= 0.6 is 11.3 Å². The maximum absolute atomic E-state index is 12.1. The highest BCUT2D eigenvalue weighted by Gasteiger charge is 2.27. The average Bonchev–Trinajstić information content (AvgIpc) is 2.96. The van der Waals surface area contributed by atoms with Crippen molar-refractivity contribution in [2.24, 2.45) is 0 Å². The molecule has 2 aromatic rings. The summed E-state index contributed by atoms with van der Waals surface area (Å²) in [5.41, 5.74) is 1.18. The number of nitrogens with zero attached hydrogens (tertiary/aromatic N) is 1. The molecule has 0 aliphatic rings. The number of ether oxygens (including phenoxy) is 1. The number of benzene rings is 1. The van der Waals surface area contributed by atoms with Gasteiger partial charge in [0.05, 0.1) is 12.1 Å². The number of Topliss-reactive ketones (excluding diaryl/α,β-unsaturated/α-hetero) is 1. The second kappa shape index (κ2) is 6.29. The lowest BCUT2D eigenvalue weighted by Crippen LogP contribution is -2.23. The molecule has 0 spiro atoms. The van der Waals surface area contributed by atoms with Crippen molar-refractivity contribution in [3.05, 3.63) is 52.0 Å². The first-order valence-electron chi connectivity index (χ1n) is 6.67. The number of hydrogen-bond donors (Lipinski definition) is 0. The van der Waals surface area contributed by atoms with Gasteiger partial charge in [0.15, 0.2) is 5.78 Å². The van der Waals surface area contributed by atoms with Crippen LogP contribution in [-0.2, 0) is 16.8 Å². The Labute approximate surface area is 123 Å². The predicted octanol–water partition coefficient (Wildman–Crippen LogP) is 3.84. The molecule has 0 N–H and O–H groups in total. The Morgan fingerprint density at radius 2 is 2.05 bits per heavy atom. The lowest BCUT2D eigenvalue weighted by Gasteiger charge is -2.23. The van der Waals surface area contributed by atoms with E-state index in [4.69, 9.17) is 4.74 Å². The van der Waals surface area contributed by atoms with E-state index in [0.29, 0.717) is 6.42 Å². The third-order valence-corrected chi connectivity index (χ3v) is 4.70. The lowest BCUT2D eigenvalue weighted by molar-refractivity contribution is -0.00167. The molecule has 1 aromatic heterocycles. The molecule has 3 nitrogen and oxygen atoms in total. The zero-order chi connectivity index (χ0) is 14.6. The third-order valence-electron chi connectivity index (χ3n) is 3.57. The maximum Gasteiger partial charge on any atom is 0.168 e. The van der Waals surface area contributed by atoms with Crippen molar-refractivity contribution < 1.29 is 9.53 Å². The van der Waals surface area contributed by atoms with Crippen molar-refractivity contribution in [1.82, 2.24) is 4.98 Å². The highest BCUT2D eigenvalue weighted by Crippen LogP contribution is 2.30. The van der Waals surface area contributed by atoms with Gasteiger partial charge >= 0.3 is 0 Å². The molecule has 0 aliphatic heterocycles. The summed E-state index contributed by atoms with van der Waals surface area (Å²) in [6, 6.07) is 9.32. The fraction of sp³-hybridized carbons (Fsp3) is 0.375. The molecule has 4 heteroatoms. The Balaban J connectivity index is 2.12. The van der Waals surface area contributed by atoms with Crippen LogP contribution < -0.4 is 0 Å². The zero-order valence-electron chi connectivity index (χ0n) is 12.1. The van der Waals surface area contributed by atoms with E-state index in [0.717, 1.165) is 22.7 Å². The van der Waals surface area contributed by atoms with Crippen LogP contribution in [0.5, 0.6) is 0 Å². The normalized spacial score (nSPS) is 13.9. The molecule has 106 valence electrons. The largest absolute Gasteiger partial charge is 0.371 e. The summed E-state index contributed by atoms with van der Waals surface area (Å²) in [6.07, 6.45) is 1.19. The number of thiazole rings is 1. The van der Waals surface area contributed by atoms with Crippen LogP contribution in [-0.4, -0.2) is 17.9 Å². The highest BCUT2D eigenvalue weighted by atomic mass is 32.1. The number of aromatic nitrogens is 1. The van der Waals surface area contributed by atoms with Gasteiger partial charge in [-0.2, -0.15) is 0 Å². The monoisotopic (exact) mass is 289 g/mol. The van der Waals surface area contributed by atoms with Crippen molar-refractivity contribution in [1.29, 1.82) is 0 Å². The van der Waals surface area contributed by atoms with Gasteiger partial charge in [-0.25, -0.2) is 4.98 Å². The minimum atomic E-state index is -0.362. The molecular weight excluding hydrogens is 270 g/mol. The minimum Gasteiger partial charge on any atom is -0.371 e. The molecule has 0 amide bonds. The van der Waals surface area contributed by atoms with Crippen LogP contribution in [0.25, 0.3) is 0 Å². The van der Waals surface area contributed by atoms with Crippen LogP contribution in [0.15, 0.2) is 35.7 Å².